The fraction of sp³-hybridized carbons (Fsp3) is 0.448. The molecule has 196 valence electrons. The summed E-state index contributed by atoms with van der Waals surface area (Å²) >= 11 is 6.50. The van der Waals surface area contributed by atoms with Crippen molar-refractivity contribution in [3.8, 4) is 11.5 Å². The van der Waals surface area contributed by atoms with Crippen LogP contribution in [0.25, 0.3) is 10.9 Å². The number of hydrogen-bond donors (Lipinski definition) is 1. The van der Waals surface area contributed by atoms with Crippen LogP contribution in [0.2, 0.25) is 5.02 Å². The van der Waals surface area contributed by atoms with Gasteiger partial charge >= 0.3 is 0 Å². The number of amides is 2. The number of halogens is 1. The van der Waals surface area contributed by atoms with Gasteiger partial charge < -0.3 is 24.3 Å². The number of methoxy groups -OCH3 is 2. The first-order valence-corrected chi connectivity index (χ1v) is 13.4. The Morgan fingerprint density at radius 1 is 1.05 bits per heavy atom. The molecule has 0 radical (unpaired) electrons. The molecular formula is C29H34ClN3O4. The lowest BCUT2D eigenvalue weighted by Gasteiger charge is -2.44. The second-order valence-electron chi connectivity index (χ2n) is 10.3. The van der Waals surface area contributed by atoms with E-state index < -0.39 is 5.54 Å². The van der Waals surface area contributed by atoms with Gasteiger partial charge in [-0.15, -0.1) is 0 Å². The molecule has 1 aliphatic heterocycles. The van der Waals surface area contributed by atoms with Crippen LogP contribution in [0.5, 0.6) is 11.5 Å². The Hall–Kier alpha value is -3.19. The molecule has 1 fully saturated rings. The van der Waals surface area contributed by atoms with E-state index in [4.69, 9.17) is 21.1 Å². The van der Waals surface area contributed by atoms with Crippen molar-refractivity contribution in [2.24, 2.45) is 0 Å². The molecule has 5 rings (SSSR count). The van der Waals surface area contributed by atoms with E-state index in [0.29, 0.717) is 22.2 Å². The molecule has 0 bridgehead atoms. The Labute approximate surface area is 222 Å². The molecule has 1 atom stereocenters. The Morgan fingerprint density at radius 3 is 2.41 bits per heavy atom. The largest absolute Gasteiger partial charge is 0.496 e. The molecule has 37 heavy (non-hydrogen) atoms. The molecule has 1 aliphatic carbocycles. The number of aromatic nitrogens is 1. The van der Waals surface area contributed by atoms with E-state index in [0.717, 1.165) is 42.1 Å². The van der Waals surface area contributed by atoms with Crippen LogP contribution in [0.4, 0.5) is 0 Å². The number of nitrogens with one attached hydrogen (secondary N) is 1. The second kappa shape index (κ2) is 10.3. The maximum absolute atomic E-state index is 14.2. The first kappa shape index (κ1) is 25.5. The number of fused-ring (bicyclic) bond motifs is 3. The molecule has 2 aromatic carbocycles. The summed E-state index contributed by atoms with van der Waals surface area (Å²) in [5.74, 6) is 0.896. The van der Waals surface area contributed by atoms with Crippen molar-refractivity contribution in [2.45, 2.75) is 70.1 Å². The molecule has 0 saturated heterocycles. The van der Waals surface area contributed by atoms with Crippen molar-refractivity contribution in [3.63, 3.8) is 0 Å². The molecule has 2 amide bonds. The number of rotatable bonds is 6. The van der Waals surface area contributed by atoms with Crippen LogP contribution in [-0.2, 0) is 17.9 Å². The van der Waals surface area contributed by atoms with E-state index in [1.54, 1.807) is 25.2 Å². The molecule has 1 unspecified atom stereocenters. The number of carbonyl (C=O) groups is 2. The van der Waals surface area contributed by atoms with Crippen molar-refractivity contribution in [3.05, 3.63) is 58.7 Å². The van der Waals surface area contributed by atoms with Gasteiger partial charge in [-0.1, -0.05) is 55.5 Å². The number of hydrogen-bond acceptors (Lipinski definition) is 4. The van der Waals surface area contributed by atoms with Gasteiger partial charge in [0.15, 0.2) is 0 Å². The molecular weight excluding hydrogens is 490 g/mol. The molecule has 2 aliphatic rings. The lowest BCUT2D eigenvalue weighted by molar-refractivity contribution is -0.134. The molecule has 3 aromatic rings. The molecule has 1 N–H and O–H groups in total. The summed E-state index contributed by atoms with van der Waals surface area (Å²) in [6.07, 6.45) is 6.52. The Bertz CT molecular complexity index is 1330. The maximum atomic E-state index is 14.2. The van der Waals surface area contributed by atoms with E-state index >= 15 is 0 Å². The van der Waals surface area contributed by atoms with Crippen LogP contribution in [0.3, 0.4) is 0 Å². The molecule has 2 heterocycles. The summed E-state index contributed by atoms with van der Waals surface area (Å²) in [6, 6.07) is 13.1. The van der Waals surface area contributed by atoms with Gasteiger partial charge in [0.05, 0.1) is 26.3 Å². The van der Waals surface area contributed by atoms with E-state index in [-0.39, 0.29) is 30.9 Å². The van der Waals surface area contributed by atoms with Crippen molar-refractivity contribution in [1.82, 2.24) is 14.8 Å². The van der Waals surface area contributed by atoms with Crippen LogP contribution < -0.4 is 14.8 Å². The minimum absolute atomic E-state index is 0.113. The zero-order valence-corrected chi connectivity index (χ0v) is 22.4. The number of benzene rings is 2. The standard InChI is InChI=1S/C29H34ClN3O4/c1-29(28(35)31-20-11-6-4-5-7-12-20)18-32-23(16-21-24(36-2)14-15-25(37-3)26(21)32)27(34)33(29)17-19-10-8-9-13-22(19)30/h8-10,13-16,20H,4-7,11-12,17-18H2,1-3H3,(H,31,35). The van der Waals surface area contributed by atoms with Gasteiger partial charge in [0.25, 0.3) is 5.91 Å². The third-order valence-electron chi connectivity index (χ3n) is 7.91. The first-order valence-electron chi connectivity index (χ1n) is 13.0. The highest BCUT2D eigenvalue weighted by atomic mass is 35.5. The van der Waals surface area contributed by atoms with Crippen LogP contribution in [-0.4, -0.2) is 47.1 Å². The van der Waals surface area contributed by atoms with Gasteiger partial charge in [0, 0.05) is 23.0 Å². The summed E-state index contributed by atoms with van der Waals surface area (Å²) in [5, 5.41) is 4.65. The third kappa shape index (κ3) is 4.54. The normalized spacial score (nSPS) is 20.4. The Balaban J connectivity index is 1.62. The van der Waals surface area contributed by atoms with Crippen LogP contribution in [0, 0.1) is 0 Å². The maximum Gasteiger partial charge on any atom is 0.271 e. The van der Waals surface area contributed by atoms with E-state index in [9.17, 15) is 9.59 Å². The lowest BCUT2D eigenvalue weighted by atomic mass is 9.93. The van der Waals surface area contributed by atoms with Crippen molar-refractivity contribution >= 4 is 34.3 Å². The predicted octanol–water partition coefficient (Wildman–Crippen LogP) is 5.57. The number of carbonyl (C=O) groups excluding carboxylic acids is 2. The highest BCUT2D eigenvalue weighted by molar-refractivity contribution is 6.31. The van der Waals surface area contributed by atoms with Gasteiger partial charge in [-0.05, 0) is 49.6 Å². The molecule has 8 heteroatoms. The summed E-state index contributed by atoms with van der Waals surface area (Å²) in [6.45, 7) is 2.36. The quantitative estimate of drug-likeness (QED) is 0.429. The fourth-order valence-corrected chi connectivity index (χ4v) is 5.96. The van der Waals surface area contributed by atoms with E-state index in [1.165, 1.54) is 12.8 Å². The smallest absolute Gasteiger partial charge is 0.271 e. The third-order valence-corrected chi connectivity index (χ3v) is 8.28. The van der Waals surface area contributed by atoms with Crippen molar-refractivity contribution < 1.29 is 19.1 Å². The second-order valence-corrected chi connectivity index (χ2v) is 10.7. The summed E-state index contributed by atoms with van der Waals surface area (Å²) in [7, 11) is 3.21. The summed E-state index contributed by atoms with van der Waals surface area (Å²) in [5.41, 5.74) is 0.890. The van der Waals surface area contributed by atoms with E-state index in [2.05, 4.69) is 5.32 Å². The SMILES string of the molecule is COc1ccc(OC)c2c1cc1n2CC(C)(C(=O)NC2CCCCCC2)N(Cc2ccccc2Cl)C1=O. The summed E-state index contributed by atoms with van der Waals surface area (Å²) < 4.78 is 13.2. The lowest BCUT2D eigenvalue weighted by Crippen LogP contribution is -2.64. The average molecular weight is 524 g/mol. The monoisotopic (exact) mass is 523 g/mol. The van der Waals surface area contributed by atoms with Gasteiger partial charge in [0.2, 0.25) is 5.91 Å². The Kier molecular flexibility index (Phi) is 7.08. The number of ether oxygens (including phenoxy) is 2. The topological polar surface area (TPSA) is 72.8 Å². The molecule has 1 saturated carbocycles. The van der Waals surface area contributed by atoms with Crippen LogP contribution >= 0.6 is 11.6 Å². The molecule has 1 aromatic heterocycles. The van der Waals surface area contributed by atoms with Gasteiger partial charge in [-0.2, -0.15) is 0 Å². The highest BCUT2D eigenvalue weighted by Gasteiger charge is 2.48. The minimum Gasteiger partial charge on any atom is -0.496 e. The van der Waals surface area contributed by atoms with Crippen molar-refractivity contribution in [1.29, 1.82) is 0 Å². The first-order chi connectivity index (χ1) is 17.9. The molecule has 7 nitrogen and oxygen atoms in total. The van der Waals surface area contributed by atoms with Gasteiger partial charge in [-0.3, -0.25) is 9.59 Å². The molecule has 0 spiro atoms. The van der Waals surface area contributed by atoms with E-state index in [1.807, 2.05) is 47.9 Å². The predicted molar refractivity (Wildman–Crippen MR) is 144 cm³/mol. The highest BCUT2D eigenvalue weighted by Crippen LogP contribution is 2.41. The summed E-state index contributed by atoms with van der Waals surface area (Å²) in [4.78, 5) is 29.9. The zero-order valence-electron chi connectivity index (χ0n) is 21.7. The van der Waals surface area contributed by atoms with Crippen LogP contribution in [0.1, 0.15) is 61.5 Å². The fourth-order valence-electron chi connectivity index (χ4n) is 5.76. The Morgan fingerprint density at radius 2 is 1.73 bits per heavy atom. The average Bonchev–Trinajstić information content (AvgIpc) is 3.08. The van der Waals surface area contributed by atoms with Gasteiger partial charge in [-0.25, -0.2) is 0 Å². The minimum atomic E-state index is -1.14. The van der Waals surface area contributed by atoms with Crippen LogP contribution in [0.15, 0.2) is 42.5 Å². The van der Waals surface area contributed by atoms with Gasteiger partial charge in [0.1, 0.15) is 22.7 Å². The zero-order chi connectivity index (χ0) is 26.2. The number of nitrogens with zero attached hydrogens (tertiary/aromatic N) is 2. The van der Waals surface area contributed by atoms with Crippen molar-refractivity contribution in [2.75, 3.05) is 14.2 Å².